The van der Waals surface area contributed by atoms with Gasteiger partial charge in [-0.3, -0.25) is 24.4 Å². The number of hydrogen-bond donors (Lipinski definition) is 0. The fraction of sp³-hybridized carbons (Fsp3) is 0.576. The lowest BCUT2D eigenvalue weighted by Crippen LogP contribution is -2.71. The number of fused-ring (bicyclic) bond motifs is 1. The van der Waals surface area contributed by atoms with Gasteiger partial charge in [0.1, 0.15) is 0 Å². The molecule has 5 rings (SSSR count). The molecule has 1 aliphatic heterocycles. The van der Waals surface area contributed by atoms with Crippen molar-refractivity contribution in [2.45, 2.75) is 106 Å². The first-order valence-electron chi connectivity index (χ1n) is 16.4. The Morgan fingerprint density at radius 2 is 1.47 bits per heavy atom. The fourth-order valence-electron chi connectivity index (χ4n) is 9.42. The van der Waals surface area contributed by atoms with E-state index in [1.165, 1.54) is 40.7 Å². The SMILES string of the molecule is C=C[C@@H]1N(S(=O)(=O)c2ccccc2[N+](=O)[O-])[C@@]12CC[C@H]1C(C)(C)CCC[C@]1(C)[C@@]2(CCOS(=O)(=O)c1ccccc1[N+](=O)[O-])O[Si](C)(C)C. The van der Waals surface area contributed by atoms with Crippen LogP contribution in [-0.4, -0.2) is 63.1 Å². The van der Waals surface area contributed by atoms with Crippen molar-refractivity contribution >= 4 is 39.8 Å². The maximum Gasteiger partial charge on any atom is 0.303 e. The smallest absolute Gasteiger partial charge is 0.303 e. The molecule has 2 aromatic carbocycles. The van der Waals surface area contributed by atoms with Gasteiger partial charge in [0.25, 0.3) is 21.4 Å². The highest BCUT2D eigenvalue weighted by atomic mass is 32.2. The summed E-state index contributed by atoms with van der Waals surface area (Å²) in [4.78, 5) is 21.2. The minimum absolute atomic E-state index is 0.0456. The van der Waals surface area contributed by atoms with Gasteiger partial charge in [0.2, 0.25) is 0 Å². The number of para-hydroxylation sites is 2. The van der Waals surface area contributed by atoms with E-state index in [-0.39, 0.29) is 17.8 Å². The predicted molar refractivity (Wildman–Crippen MR) is 185 cm³/mol. The van der Waals surface area contributed by atoms with Gasteiger partial charge >= 0.3 is 10.1 Å². The van der Waals surface area contributed by atoms with Crippen molar-refractivity contribution in [3.8, 4) is 0 Å². The molecule has 3 aliphatic rings. The first kappa shape index (κ1) is 37.2. The van der Waals surface area contributed by atoms with Crippen molar-refractivity contribution in [1.29, 1.82) is 0 Å². The van der Waals surface area contributed by atoms with Crippen LogP contribution in [0, 0.1) is 37.0 Å². The van der Waals surface area contributed by atoms with Gasteiger partial charge in [-0.25, -0.2) is 8.42 Å². The van der Waals surface area contributed by atoms with Crippen LogP contribution in [0.2, 0.25) is 19.6 Å². The van der Waals surface area contributed by atoms with Gasteiger partial charge in [0.05, 0.1) is 33.6 Å². The van der Waals surface area contributed by atoms with Crippen molar-refractivity contribution < 1.29 is 35.3 Å². The number of sulfonamides is 1. The molecule has 1 saturated heterocycles. The lowest BCUT2D eigenvalue weighted by atomic mass is 9.43. The molecule has 6 atom stereocenters. The Morgan fingerprint density at radius 1 is 0.918 bits per heavy atom. The van der Waals surface area contributed by atoms with Crippen molar-refractivity contribution in [3.63, 3.8) is 0 Å². The van der Waals surface area contributed by atoms with Crippen LogP contribution < -0.4 is 0 Å². The van der Waals surface area contributed by atoms with Gasteiger partial charge in [-0.1, -0.05) is 57.5 Å². The third kappa shape index (κ3) is 5.87. The molecule has 3 fully saturated rings. The zero-order valence-electron chi connectivity index (χ0n) is 28.7. The molecular formula is C33H45N3O10S2Si. The molecule has 0 amide bonds. The van der Waals surface area contributed by atoms with Gasteiger partial charge in [-0.05, 0) is 68.8 Å². The lowest BCUT2D eigenvalue weighted by Gasteiger charge is -2.66. The molecule has 49 heavy (non-hydrogen) atoms. The Kier molecular flexibility index (Phi) is 9.37. The molecular weight excluding hydrogens is 691 g/mol. The summed E-state index contributed by atoms with van der Waals surface area (Å²) in [6.07, 6.45) is 4.88. The molecule has 16 heteroatoms. The zero-order valence-corrected chi connectivity index (χ0v) is 31.4. The summed E-state index contributed by atoms with van der Waals surface area (Å²) in [5, 5.41) is 23.7. The summed E-state index contributed by atoms with van der Waals surface area (Å²) >= 11 is 0. The average Bonchev–Trinajstić information content (AvgIpc) is 3.68. The van der Waals surface area contributed by atoms with Crippen LogP contribution in [-0.2, 0) is 28.8 Å². The monoisotopic (exact) mass is 735 g/mol. The highest BCUT2D eigenvalue weighted by molar-refractivity contribution is 7.89. The van der Waals surface area contributed by atoms with Gasteiger partial charge < -0.3 is 4.43 Å². The normalized spacial score (nSPS) is 31.1. The molecule has 0 N–H and O–H groups in total. The summed E-state index contributed by atoms with van der Waals surface area (Å²) in [6, 6.07) is 9.33. The minimum atomic E-state index is -4.63. The van der Waals surface area contributed by atoms with Crippen molar-refractivity contribution in [2.24, 2.45) is 16.7 Å². The summed E-state index contributed by atoms with van der Waals surface area (Å²) in [5.74, 6) is 0.0456. The Bertz CT molecular complexity index is 1900. The highest BCUT2D eigenvalue weighted by Gasteiger charge is 2.83. The van der Waals surface area contributed by atoms with Crippen LogP contribution in [0.3, 0.4) is 0 Å². The molecule has 2 saturated carbocycles. The first-order chi connectivity index (χ1) is 22.6. The Hall–Kier alpha value is -3.02. The van der Waals surface area contributed by atoms with E-state index in [4.69, 9.17) is 8.61 Å². The topological polar surface area (TPSA) is 176 Å². The minimum Gasteiger partial charge on any atom is -0.409 e. The van der Waals surface area contributed by atoms with Crippen LogP contribution in [0.25, 0.3) is 0 Å². The van der Waals surface area contributed by atoms with Gasteiger partial charge in [-0.15, -0.1) is 6.58 Å². The third-order valence-corrected chi connectivity index (χ3v) is 15.4. The maximum atomic E-state index is 14.7. The molecule has 0 radical (unpaired) electrons. The van der Waals surface area contributed by atoms with E-state index in [1.807, 2.05) is 19.6 Å². The fourth-order valence-corrected chi connectivity index (χ4v) is 14.2. The second-order valence-electron chi connectivity index (χ2n) is 15.3. The van der Waals surface area contributed by atoms with Crippen LogP contribution in [0.15, 0.2) is 71.0 Å². The highest BCUT2D eigenvalue weighted by Crippen LogP contribution is 2.73. The summed E-state index contributed by atoms with van der Waals surface area (Å²) < 4.78 is 70.6. The number of rotatable bonds is 12. The van der Waals surface area contributed by atoms with Crippen LogP contribution in [0.5, 0.6) is 0 Å². The van der Waals surface area contributed by atoms with E-state index >= 15 is 0 Å². The molecule has 2 aromatic rings. The molecule has 2 aliphatic carbocycles. The Morgan fingerprint density at radius 3 is 2.02 bits per heavy atom. The quantitative estimate of drug-likeness (QED) is 0.0562. The summed E-state index contributed by atoms with van der Waals surface area (Å²) in [6.45, 7) is 16.0. The molecule has 13 nitrogen and oxygen atoms in total. The molecule has 0 aromatic heterocycles. The summed E-state index contributed by atoms with van der Waals surface area (Å²) in [5.41, 5.74) is -4.66. The van der Waals surface area contributed by atoms with Crippen molar-refractivity contribution in [1.82, 2.24) is 4.31 Å². The Labute approximate surface area is 289 Å². The molecule has 1 heterocycles. The molecule has 268 valence electrons. The third-order valence-electron chi connectivity index (χ3n) is 11.1. The van der Waals surface area contributed by atoms with Gasteiger partial charge in [0.15, 0.2) is 18.1 Å². The number of benzene rings is 2. The number of nitro benzene ring substituents is 2. The van der Waals surface area contributed by atoms with Crippen LogP contribution in [0.1, 0.15) is 59.3 Å². The standard InChI is InChI=1S/C33H45N3O10S2Si/c1-8-29-32(34(29)47(41,42)26-16-11-9-14-24(26)35(37)38)21-18-28-30(2,3)19-13-20-31(28,4)33(32,46-49(5,6)7)22-23-45-48(43,44)27-17-12-10-15-25(27)36(39)40/h8-12,14-17,28-29H,1,13,18-23H2,2-7H3/t28-,29-,31-,32-,33+,34?/m0/s1. The van der Waals surface area contributed by atoms with E-state index in [1.54, 1.807) is 0 Å². The Balaban J connectivity index is 1.70. The zero-order chi connectivity index (χ0) is 36.4. The largest absolute Gasteiger partial charge is 0.409 e. The molecule has 0 bridgehead atoms. The second kappa shape index (κ2) is 12.3. The molecule has 1 spiro atoms. The van der Waals surface area contributed by atoms with E-state index in [9.17, 15) is 37.1 Å². The van der Waals surface area contributed by atoms with E-state index in [0.717, 1.165) is 31.0 Å². The predicted octanol–water partition coefficient (Wildman–Crippen LogP) is 6.81. The van der Waals surface area contributed by atoms with Gasteiger partial charge in [0, 0.05) is 24.0 Å². The maximum absolute atomic E-state index is 14.7. The molecule has 1 unspecified atom stereocenters. The number of nitro groups is 2. The number of nitrogens with zero attached hydrogens (tertiary/aromatic N) is 3. The van der Waals surface area contributed by atoms with E-state index in [0.29, 0.717) is 19.3 Å². The van der Waals surface area contributed by atoms with Gasteiger partial charge in [-0.2, -0.15) is 12.7 Å². The number of hydrogen-bond acceptors (Lipinski definition) is 10. The lowest BCUT2D eigenvalue weighted by molar-refractivity contribution is -0.388. The van der Waals surface area contributed by atoms with E-state index < -0.39 is 88.7 Å². The van der Waals surface area contributed by atoms with Crippen LogP contribution >= 0.6 is 0 Å². The first-order valence-corrected chi connectivity index (χ1v) is 22.6. The van der Waals surface area contributed by atoms with Crippen molar-refractivity contribution in [3.05, 3.63) is 81.4 Å². The average molecular weight is 736 g/mol. The van der Waals surface area contributed by atoms with E-state index in [2.05, 4.69) is 27.4 Å². The van der Waals surface area contributed by atoms with Crippen molar-refractivity contribution in [2.75, 3.05) is 6.61 Å². The summed E-state index contributed by atoms with van der Waals surface area (Å²) in [7, 11) is -11.8. The second-order valence-corrected chi connectivity index (χ2v) is 23.1. The van der Waals surface area contributed by atoms with Crippen LogP contribution in [0.4, 0.5) is 11.4 Å².